The molecule has 0 saturated carbocycles. The van der Waals surface area contributed by atoms with E-state index in [0.29, 0.717) is 31.0 Å². The van der Waals surface area contributed by atoms with Crippen molar-refractivity contribution in [2.45, 2.75) is 6.10 Å². The van der Waals surface area contributed by atoms with Gasteiger partial charge in [0.2, 0.25) is 0 Å². The lowest BCUT2D eigenvalue weighted by atomic mass is 10.1. The summed E-state index contributed by atoms with van der Waals surface area (Å²) in [6.07, 6.45) is 1.38. The molecule has 0 bridgehead atoms. The van der Waals surface area contributed by atoms with Gasteiger partial charge < -0.3 is 14.5 Å². The molecule has 28 heavy (non-hydrogen) atoms. The number of fused-ring (bicyclic) bond motifs is 1. The Morgan fingerprint density at radius 3 is 2.82 bits per heavy atom. The number of anilines is 1. The van der Waals surface area contributed by atoms with Crippen molar-refractivity contribution in [3.05, 3.63) is 71.8 Å². The summed E-state index contributed by atoms with van der Waals surface area (Å²) >= 11 is 0. The lowest BCUT2D eigenvalue weighted by molar-refractivity contribution is -0.0246. The third-order valence-corrected chi connectivity index (χ3v) is 5.00. The fourth-order valence-electron chi connectivity index (χ4n) is 3.53. The second kappa shape index (κ2) is 7.56. The lowest BCUT2D eigenvalue weighted by Gasteiger charge is -2.33. The zero-order chi connectivity index (χ0) is 19.7. The van der Waals surface area contributed by atoms with E-state index in [1.807, 2.05) is 49.3 Å². The molecule has 1 atom stereocenters. The number of carbonyl (C=O) groups excluding carboxylic acids is 1. The Hall–Kier alpha value is -2.99. The van der Waals surface area contributed by atoms with E-state index in [0.717, 1.165) is 16.5 Å². The van der Waals surface area contributed by atoms with Crippen LogP contribution in [0.25, 0.3) is 10.8 Å². The van der Waals surface area contributed by atoms with E-state index in [-0.39, 0.29) is 17.8 Å². The monoisotopic (exact) mass is 379 g/mol. The van der Waals surface area contributed by atoms with E-state index in [4.69, 9.17) is 4.74 Å². The summed E-state index contributed by atoms with van der Waals surface area (Å²) in [6, 6.07) is 14.0. The number of para-hydroxylation sites is 1. The second-order valence-electron chi connectivity index (χ2n) is 7.12. The van der Waals surface area contributed by atoms with E-state index in [1.54, 1.807) is 17.2 Å². The Balaban J connectivity index is 1.59. The maximum absolute atomic E-state index is 13.6. The van der Waals surface area contributed by atoms with Crippen LogP contribution in [0.1, 0.15) is 22.2 Å². The molecule has 1 aromatic heterocycles. The quantitative estimate of drug-likeness (QED) is 0.697. The van der Waals surface area contributed by atoms with Gasteiger partial charge in [0.25, 0.3) is 5.91 Å². The van der Waals surface area contributed by atoms with Crippen molar-refractivity contribution in [1.82, 2.24) is 9.88 Å². The molecule has 1 unspecified atom stereocenters. The largest absolute Gasteiger partial charge is 0.377 e. The van der Waals surface area contributed by atoms with Crippen LogP contribution in [-0.2, 0) is 4.74 Å². The molecule has 1 aliphatic heterocycles. The first-order valence-corrected chi connectivity index (χ1v) is 9.25. The predicted molar refractivity (Wildman–Crippen MR) is 107 cm³/mol. The average molecular weight is 379 g/mol. The van der Waals surface area contributed by atoms with Crippen LogP contribution in [0.15, 0.2) is 54.7 Å². The number of amides is 1. The standard InChI is InChI=1S/C22H22FN3O2/c1-25(2)20-6-4-3-5-18(20)22(27)26-9-10-28-21(14-26)19-12-16-11-17(23)8-7-15(16)13-24-19/h3-8,11-13,21H,9-10,14H2,1-2H3. The zero-order valence-corrected chi connectivity index (χ0v) is 15.9. The number of aromatic nitrogens is 1. The number of nitrogens with zero attached hydrogens (tertiary/aromatic N) is 3. The van der Waals surface area contributed by atoms with Crippen molar-refractivity contribution >= 4 is 22.4 Å². The topological polar surface area (TPSA) is 45.7 Å². The number of rotatable bonds is 3. The van der Waals surface area contributed by atoms with E-state index in [9.17, 15) is 9.18 Å². The SMILES string of the molecule is CN(C)c1ccccc1C(=O)N1CCOC(c2cc3cc(F)ccc3cn2)C1. The van der Waals surface area contributed by atoms with Gasteiger partial charge >= 0.3 is 0 Å². The van der Waals surface area contributed by atoms with Crippen molar-refractivity contribution in [2.24, 2.45) is 0 Å². The number of hydrogen-bond acceptors (Lipinski definition) is 4. The maximum atomic E-state index is 13.6. The van der Waals surface area contributed by atoms with Gasteiger partial charge in [0.05, 0.1) is 24.4 Å². The van der Waals surface area contributed by atoms with Crippen LogP contribution in [-0.4, -0.2) is 49.6 Å². The van der Waals surface area contributed by atoms with Gasteiger partial charge in [-0.2, -0.15) is 0 Å². The highest BCUT2D eigenvalue weighted by Gasteiger charge is 2.28. The molecule has 1 saturated heterocycles. The fourth-order valence-corrected chi connectivity index (χ4v) is 3.53. The van der Waals surface area contributed by atoms with Gasteiger partial charge in [-0.25, -0.2) is 4.39 Å². The molecule has 0 radical (unpaired) electrons. The number of morpholine rings is 1. The normalized spacial score (nSPS) is 17.0. The first-order valence-electron chi connectivity index (χ1n) is 9.25. The highest BCUT2D eigenvalue weighted by Crippen LogP contribution is 2.27. The van der Waals surface area contributed by atoms with E-state index in [2.05, 4.69) is 4.98 Å². The van der Waals surface area contributed by atoms with Gasteiger partial charge in [-0.1, -0.05) is 12.1 Å². The minimum atomic E-state index is -0.336. The van der Waals surface area contributed by atoms with Gasteiger partial charge in [-0.3, -0.25) is 9.78 Å². The summed E-state index contributed by atoms with van der Waals surface area (Å²) in [5.74, 6) is -0.309. The van der Waals surface area contributed by atoms with E-state index in [1.165, 1.54) is 12.1 Å². The summed E-state index contributed by atoms with van der Waals surface area (Å²) in [4.78, 5) is 21.3. The molecular formula is C22H22FN3O2. The summed E-state index contributed by atoms with van der Waals surface area (Å²) in [7, 11) is 3.85. The van der Waals surface area contributed by atoms with Crippen LogP contribution in [0.2, 0.25) is 0 Å². The molecule has 4 rings (SSSR count). The molecule has 6 heteroatoms. The molecule has 5 nitrogen and oxygen atoms in total. The van der Waals surface area contributed by atoms with Crippen LogP contribution < -0.4 is 4.90 Å². The van der Waals surface area contributed by atoms with E-state index >= 15 is 0 Å². The molecule has 1 amide bonds. The van der Waals surface area contributed by atoms with Gasteiger partial charge in [0.1, 0.15) is 11.9 Å². The van der Waals surface area contributed by atoms with Gasteiger partial charge in [0, 0.05) is 37.9 Å². The third-order valence-electron chi connectivity index (χ3n) is 5.00. The molecule has 144 valence electrons. The average Bonchev–Trinajstić information content (AvgIpc) is 2.72. The minimum Gasteiger partial charge on any atom is -0.377 e. The molecule has 0 spiro atoms. The van der Waals surface area contributed by atoms with Gasteiger partial charge in [-0.05, 0) is 41.8 Å². The highest BCUT2D eigenvalue weighted by molar-refractivity contribution is 5.99. The molecule has 1 aliphatic rings. The Bertz CT molecular complexity index is 1020. The van der Waals surface area contributed by atoms with Gasteiger partial charge in [0.15, 0.2) is 0 Å². The van der Waals surface area contributed by atoms with Crippen LogP contribution >= 0.6 is 0 Å². The summed E-state index contributed by atoms with van der Waals surface area (Å²) in [5, 5.41) is 1.64. The maximum Gasteiger partial charge on any atom is 0.256 e. The fraction of sp³-hybridized carbons (Fsp3) is 0.273. The van der Waals surface area contributed by atoms with Crippen molar-refractivity contribution in [3.8, 4) is 0 Å². The summed E-state index contributed by atoms with van der Waals surface area (Å²) in [5.41, 5.74) is 2.26. The number of ether oxygens (including phenoxy) is 1. The first-order chi connectivity index (χ1) is 13.5. The number of halogens is 1. The van der Waals surface area contributed by atoms with Crippen LogP contribution in [0, 0.1) is 5.82 Å². The van der Waals surface area contributed by atoms with Crippen molar-refractivity contribution in [2.75, 3.05) is 38.7 Å². The molecule has 2 aromatic carbocycles. The predicted octanol–water partition coefficient (Wildman–Crippen LogP) is 3.65. The molecule has 0 aliphatic carbocycles. The van der Waals surface area contributed by atoms with Crippen molar-refractivity contribution in [1.29, 1.82) is 0 Å². The van der Waals surface area contributed by atoms with Crippen LogP contribution in [0.5, 0.6) is 0 Å². The molecule has 0 N–H and O–H groups in total. The molecular weight excluding hydrogens is 357 g/mol. The summed E-state index contributed by atoms with van der Waals surface area (Å²) in [6.45, 7) is 1.37. The van der Waals surface area contributed by atoms with Crippen molar-refractivity contribution in [3.63, 3.8) is 0 Å². The zero-order valence-electron chi connectivity index (χ0n) is 15.9. The molecule has 3 aromatic rings. The number of hydrogen-bond donors (Lipinski definition) is 0. The smallest absolute Gasteiger partial charge is 0.256 e. The Morgan fingerprint density at radius 2 is 2.00 bits per heavy atom. The van der Waals surface area contributed by atoms with Gasteiger partial charge in [-0.15, -0.1) is 0 Å². The Labute approximate surface area is 163 Å². The van der Waals surface area contributed by atoms with Crippen LogP contribution in [0.3, 0.4) is 0 Å². The minimum absolute atomic E-state index is 0.0237. The number of carbonyl (C=O) groups is 1. The lowest BCUT2D eigenvalue weighted by Crippen LogP contribution is -2.42. The summed E-state index contributed by atoms with van der Waals surface area (Å²) < 4.78 is 19.4. The van der Waals surface area contributed by atoms with Crippen LogP contribution in [0.4, 0.5) is 10.1 Å². The first kappa shape index (κ1) is 18.4. The number of benzene rings is 2. The molecule has 1 fully saturated rings. The number of pyridine rings is 1. The Morgan fingerprint density at radius 1 is 1.18 bits per heavy atom. The van der Waals surface area contributed by atoms with E-state index < -0.39 is 0 Å². The highest BCUT2D eigenvalue weighted by atomic mass is 19.1. The second-order valence-corrected chi connectivity index (χ2v) is 7.12. The Kier molecular flexibility index (Phi) is 4.96. The third kappa shape index (κ3) is 3.55. The molecule has 2 heterocycles. The van der Waals surface area contributed by atoms with Crippen molar-refractivity contribution < 1.29 is 13.9 Å².